The largest absolute Gasteiger partial charge is 0.493 e. The van der Waals surface area contributed by atoms with Crippen molar-refractivity contribution >= 4 is 52.8 Å². The van der Waals surface area contributed by atoms with Gasteiger partial charge in [-0.2, -0.15) is 0 Å². The van der Waals surface area contributed by atoms with Crippen molar-refractivity contribution in [2.45, 2.75) is 13.0 Å². The van der Waals surface area contributed by atoms with Gasteiger partial charge in [0.05, 0.1) is 17.8 Å². The van der Waals surface area contributed by atoms with Gasteiger partial charge in [0.2, 0.25) is 0 Å². The Balaban J connectivity index is 1.70. The van der Waals surface area contributed by atoms with E-state index < -0.39 is 17.8 Å². The van der Waals surface area contributed by atoms with Crippen molar-refractivity contribution in [3.63, 3.8) is 0 Å². The van der Waals surface area contributed by atoms with Crippen LogP contribution >= 0.6 is 23.2 Å². The molecule has 0 saturated carbocycles. The maximum Gasteiger partial charge on any atom is 0.335 e. The lowest BCUT2D eigenvalue weighted by Crippen LogP contribution is -2.54. The first-order valence-electron chi connectivity index (χ1n) is 11.2. The number of anilines is 1. The minimum absolute atomic E-state index is 0.168. The fraction of sp³-hybridized carbons (Fsp3) is 0.107. The highest BCUT2D eigenvalue weighted by atomic mass is 35.5. The summed E-state index contributed by atoms with van der Waals surface area (Å²) in [5, 5.41) is 3.02. The SMILES string of the molecule is C=CCc1cc(/C=C2\C(=O)NC(=O)N(c3ccccc3Cl)C2=O)cc(OC)c1OCc1ccc(Cl)cc1. The molecule has 4 amide bonds. The van der Waals surface area contributed by atoms with Crippen molar-refractivity contribution in [1.29, 1.82) is 0 Å². The van der Waals surface area contributed by atoms with Crippen LogP contribution in [0.4, 0.5) is 10.5 Å². The second-order valence-corrected chi connectivity index (χ2v) is 8.87. The number of hydrogen-bond donors (Lipinski definition) is 1. The first kappa shape index (κ1) is 26.0. The molecule has 0 bridgehead atoms. The summed E-state index contributed by atoms with van der Waals surface area (Å²) >= 11 is 12.2. The van der Waals surface area contributed by atoms with E-state index >= 15 is 0 Å². The number of nitrogens with zero attached hydrogens (tertiary/aromatic N) is 1. The number of hydrogen-bond acceptors (Lipinski definition) is 5. The first-order valence-corrected chi connectivity index (χ1v) is 11.9. The summed E-state index contributed by atoms with van der Waals surface area (Å²) in [6.07, 6.45) is 3.54. The number of nitrogens with one attached hydrogen (secondary N) is 1. The predicted octanol–water partition coefficient (Wildman–Crippen LogP) is 5.98. The van der Waals surface area contributed by atoms with Crippen LogP contribution in [0.2, 0.25) is 10.0 Å². The summed E-state index contributed by atoms with van der Waals surface area (Å²) < 4.78 is 11.6. The Morgan fingerprint density at radius 3 is 2.43 bits per heavy atom. The maximum atomic E-state index is 13.3. The topological polar surface area (TPSA) is 84.9 Å². The van der Waals surface area contributed by atoms with Crippen LogP contribution < -0.4 is 19.7 Å². The van der Waals surface area contributed by atoms with Gasteiger partial charge in [-0.15, -0.1) is 6.58 Å². The van der Waals surface area contributed by atoms with Crippen molar-refractivity contribution in [3.05, 3.63) is 106 Å². The van der Waals surface area contributed by atoms with Crippen LogP contribution in [0.3, 0.4) is 0 Å². The number of para-hydroxylation sites is 1. The number of allylic oxidation sites excluding steroid dienone is 1. The summed E-state index contributed by atoms with van der Waals surface area (Å²) in [6.45, 7) is 4.08. The van der Waals surface area contributed by atoms with Gasteiger partial charge in [0.1, 0.15) is 12.2 Å². The lowest BCUT2D eigenvalue weighted by molar-refractivity contribution is -0.122. The summed E-state index contributed by atoms with van der Waals surface area (Å²) in [5.74, 6) is -0.700. The highest BCUT2D eigenvalue weighted by molar-refractivity contribution is 6.42. The third-order valence-corrected chi connectivity index (χ3v) is 6.11. The zero-order valence-corrected chi connectivity index (χ0v) is 21.3. The van der Waals surface area contributed by atoms with E-state index in [0.29, 0.717) is 28.5 Å². The summed E-state index contributed by atoms with van der Waals surface area (Å²) in [5.41, 5.74) is 2.08. The minimum atomic E-state index is -0.879. The van der Waals surface area contributed by atoms with Crippen molar-refractivity contribution in [1.82, 2.24) is 5.32 Å². The van der Waals surface area contributed by atoms with Gasteiger partial charge in [0.15, 0.2) is 11.5 Å². The van der Waals surface area contributed by atoms with Gasteiger partial charge < -0.3 is 9.47 Å². The smallest absolute Gasteiger partial charge is 0.335 e. The molecule has 1 heterocycles. The van der Waals surface area contributed by atoms with Gasteiger partial charge >= 0.3 is 6.03 Å². The van der Waals surface area contributed by atoms with Crippen LogP contribution in [-0.4, -0.2) is 25.0 Å². The number of imide groups is 2. The minimum Gasteiger partial charge on any atom is -0.493 e. The molecule has 3 aromatic rings. The molecule has 37 heavy (non-hydrogen) atoms. The highest BCUT2D eigenvalue weighted by Crippen LogP contribution is 2.36. The average molecular weight is 537 g/mol. The molecule has 1 N–H and O–H groups in total. The van der Waals surface area contributed by atoms with E-state index in [1.807, 2.05) is 12.1 Å². The molecule has 0 spiro atoms. The number of methoxy groups -OCH3 is 1. The molecule has 0 aromatic heterocycles. The fourth-order valence-electron chi connectivity index (χ4n) is 3.80. The lowest BCUT2D eigenvalue weighted by Gasteiger charge is -2.27. The van der Waals surface area contributed by atoms with Crippen LogP contribution in [-0.2, 0) is 22.6 Å². The summed E-state index contributed by atoms with van der Waals surface area (Å²) in [6, 6.07) is 16.2. The lowest BCUT2D eigenvalue weighted by atomic mass is 10.0. The Labute approximate surface area is 223 Å². The van der Waals surface area contributed by atoms with Gasteiger partial charge in [0.25, 0.3) is 11.8 Å². The third-order valence-electron chi connectivity index (χ3n) is 5.54. The average Bonchev–Trinajstić information content (AvgIpc) is 2.88. The molecule has 9 heteroatoms. The quantitative estimate of drug-likeness (QED) is 0.217. The monoisotopic (exact) mass is 536 g/mol. The van der Waals surface area contributed by atoms with Crippen LogP contribution in [0.25, 0.3) is 6.08 Å². The second-order valence-electron chi connectivity index (χ2n) is 8.03. The van der Waals surface area contributed by atoms with Crippen LogP contribution in [0.15, 0.2) is 78.9 Å². The molecule has 1 aliphatic rings. The van der Waals surface area contributed by atoms with Gasteiger partial charge in [0, 0.05) is 10.6 Å². The van der Waals surface area contributed by atoms with Crippen molar-refractivity contribution in [2.75, 3.05) is 12.0 Å². The standard InChI is InChI=1S/C28H22Cl2N2O5/c1-3-6-19-13-18(15-24(36-2)25(19)37-16-17-9-11-20(29)12-10-17)14-21-26(33)31-28(35)32(27(21)34)23-8-5-4-7-22(23)30/h3-5,7-15H,1,6,16H2,2H3,(H,31,33,35)/b21-14+. The van der Waals surface area contributed by atoms with E-state index in [2.05, 4.69) is 11.9 Å². The molecule has 7 nitrogen and oxygen atoms in total. The van der Waals surface area contributed by atoms with Crippen LogP contribution in [0.5, 0.6) is 11.5 Å². The Bertz CT molecular complexity index is 1420. The van der Waals surface area contributed by atoms with E-state index in [1.54, 1.807) is 48.5 Å². The number of carbonyl (C=O) groups is 3. The molecule has 0 aliphatic carbocycles. The number of benzene rings is 3. The molecule has 0 radical (unpaired) electrons. The fourth-order valence-corrected chi connectivity index (χ4v) is 4.15. The van der Waals surface area contributed by atoms with Gasteiger partial charge in [-0.05, 0) is 60.0 Å². The van der Waals surface area contributed by atoms with E-state index in [1.165, 1.54) is 19.3 Å². The number of halogens is 2. The molecule has 1 aliphatic heterocycles. The van der Waals surface area contributed by atoms with Crippen LogP contribution in [0.1, 0.15) is 16.7 Å². The number of barbiturate groups is 1. The number of ether oxygens (including phenoxy) is 2. The molecular formula is C28H22Cl2N2O5. The Kier molecular flexibility index (Phi) is 7.96. The summed E-state index contributed by atoms with van der Waals surface area (Å²) in [7, 11) is 1.50. The molecule has 0 unspecified atom stereocenters. The van der Waals surface area contributed by atoms with E-state index in [9.17, 15) is 14.4 Å². The highest BCUT2D eigenvalue weighted by Gasteiger charge is 2.37. The zero-order valence-electron chi connectivity index (χ0n) is 19.8. The third kappa shape index (κ3) is 5.69. The molecular weight excluding hydrogens is 515 g/mol. The van der Waals surface area contributed by atoms with E-state index in [4.69, 9.17) is 32.7 Å². The first-order chi connectivity index (χ1) is 17.8. The number of rotatable bonds is 8. The molecule has 0 atom stereocenters. The normalized spacial score (nSPS) is 14.5. The van der Waals surface area contributed by atoms with Crippen molar-refractivity contribution < 1.29 is 23.9 Å². The molecule has 1 saturated heterocycles. The molecule has 4 rings (SSSR count). The Morgan fingerprint density at radius 1 is 1.03 bits per heavy atom. The molecule has 188 valence electrons. The predicted molar refractivity (Wildman–Crippen MR) is 143 cm³/mol. The number of amides is 4. The van der Waals surface area contributed by atoms with Gasteiger partial charge in [-0.1, -0.05) is 53.5 Å². The molecule has 1 fully saturated rings. The zero-order chi connectivity index (χ0) is 26.5. The number of carbonyl (C=O) groups excluding carboxylic acids is 3. The van der Waals surface area contributed by atoms with Crippen molar-refractivity contribution in [3.8, 4) is 11.5 Å². The Morgan fingerprint density at radius 2 is 1.76 bits per heavy atom. The van der Waals surface area contributed by atoms with Crippen molar-refractivity contribution in [2.24, 2.45) is 0 Å². The maximum absolute atomic E-state index is 13.3. The van der Waals surface area contributed by atoms with Gasteiger partial charge in [-0.3, -0.25) is 14.9 Å². The number of urea groups is 1. The second kappa shape index (κ2) is 11.3. The van der Waals surface area contributed by atoms with E-state index in [0.717, 1.165) is 16.0 Å². The summed E-state index contributed by atoms with van der Waals surface area (Å²) in [4.78, 5) is 39.2. The Hall–Kier alpha value is -4.07. The van der Waals surface area contributed by atoms with Gasteiger partial charge in [-0.25, -0.2) is 9.69 Å². The van der Waals surface area contributed by atoms with E-state index in [-0.39, 0.29) is 22.9 Å². The molecule has 3 aromatic carbocycles. The van der Waals surface area contributed by atoms with Crippen LogP contribution in [0, 0.1) is 0 Å².